The Morgan fingerprint density at radius 3 is 2.55 bits per heavy atom. The van der Waals surface area contributed by atoms with E-state index >= 15 is 0 Å². The quantitative estimate of drug-likeness (QED) is 0.678. The molecule has 0 aliphatic heterocycles. The summed E-state index contributed by atoms with van der Waals surface area (Å²) >= 11 is 0. The fraction of sp³-hybridized carbons (Fsp3) is 0.267. The summed E-state index contributed by atoms with van der Waals surface area (Å²) in [5.41, 5.74) is 3.03. The number of nitrogens with zero attached hydrogens (tertiary/aromatic N) is 2. The number of rotatable bonds is 4. The maximum absolute atomic E-state index is 10.8. The average molecular weight is 271 g/mol. The number of nitrogens with one attached hydrogen (secondary N) is 1. The highest BCUT2D eigenvalue weighted by molar-refractivity contribution is 5.48. The van der Waals surface area contributed by atoms with E-state index in [9.17, 15) is 10.1 Å². The van der Waals surface area contributed by atoms with E-state index in [1.807, 2.05) is 19.1 Å². The highest BCUT2D eigenvalue weighted by Crippen LogP contribution is 2.24. The predicted molar refractivity (Wildman–Crippen MR) is 78.8 cm³/mol. The molecule has 0 saturated heterocycles. The Hall–Kier alpha value is -2.43. The van der Waals surface area contributed by atoms with Crippen molar-refractivity contribution in [1.29, 1.82) is 0 Å². The van der Waals surface area contributed by atoms with Gasteiger partial charge in [0, 0.05) is 5.56 Å². The van der Waals surface area contributed by atoms with E-state index in [0.29, 0.717) is 11.4 Å². The molecule has 2 aromatic rings. The highest BCUT2D eigenvalue weighted by Gasteiger charge is 2.13. The maximum Gasteiger partial charge on any atom is 0.290 e. The molecule has 0 saturated carbocycles. The minimum Gasteiger partial charge on any atom is -0.364 e. The molecule has 5 heteroatoms. The third-order valence-corrected chi connectivity index (χ3v) is 3.30. The Kier molecular flexibility index (Phi) is 3.98. The van der Waals surface area contributed by atoms with Crippen molar-refractivity contribution in [3.05, 3.63) is 63.3 Å². The second-order valence-corrected chi connectivity index (χ2v) is 4.84. The molecule has 1 heterocycles. The van der Waals surface area contributed by atoms with Gasteiger partial charge in [0.15, 0.2) is 0 Å². The van der Waals surface area contributed by atoms with Gasteiger partial charge >= 0.3 is 0 Å². The molecule has 1 N–H and O–H groups in total. The van der Waals surface area contributed by atoms with Gasteiger partial charge in [0.05, 0.1) is 11.0 Å². The molecular weight excluding hydrogens is 254 g/mol. The molecule has 1 atom stereocenters. The number of hydrogen-bond donors (Lipinski definition) is 1. The third-order valence-electron chi connectivity index (χ3n) is 3.30. The largest absolute Gasteiger partial charge is 0.364 e. The molecule has 20 heavy (non-hydrogen) atoms. The minimum atomic E-state index is -0.420. The van der Waals surface area contributed by atoms with E-state index in [1.54, 1.807) is 13.0 Å². The van der Waals surface area contributed by atoms with Crippen LogP contribution in [0.3, 0.4) is 0 Å². The smallest absolute Gasteiger partial charge is 0.290 e. The van der Waals surface area contributed by atoms with Crippen LogP contribution >= 0.6 is 0 Å². The standard InChI is InChI=1S/C15H17N3O2/c1-10-6-4-5-7-13(10)12(3)17-15-8-11(2)14(9-16-15)18(19)20/h4-9,12H,1-3H3,(H,16,17). The molecule has 0 bridgehead atoms. The van der Waals surface area contributed by atoms with Crippen LogP contribution < -0.4 is 5.32 Å². The van der Waals surface area contributed by atoms with Gasteiger partial charge in [0.25, 0.3) is 5.69 Å². The molecule has 0 aliphatic carbocycles. The van der Waals surface area contributed by atoms with Gasteiger partial charge < -0.3 is 5.32 Å². The fourth-order valence-electron chi connectivity index (χ4n) is 2.19. The van der Waals surface area contributed by atoms with Gasteiger partial charge in [0.1, 0.15) is 12.0 Å². The van der Waals surface area contributed by atoms with Crippen molar-refractivity contribution in [3.8, 4) is 0 Å². The molecule has 0 aliphatic rings. The van der Waals surface area contributed by atoms with Gasteiger partial charge in [-0.25, -0.2) is 4.98 Å². The van der Waals surface area contributed by atoms with E-state index in [1.165, 1.54) is 17.3 Å². The lowest BCUT2D eigenvalue weighted by Crippen LogP contribution is -2.09. The Morgan fingerprint density at radius 1 is 1.25 bits per heavy atom. The zero-order valence-electron chi connectivity index (χ0n) is 11.8. The Labute approximate surface area is 117 Å². The zero-order chi connectivity index (χ0) is 14.7. The summed E-state index contributed by atoms with van der Waals surface area (Å²) in [5, 5.41) is 14.0. The lowest BCUT2D eigenvalue weighted by Gasteiger charge is -2.17. The van der Waals surface area contributed by atoms with Crippen LogP contribution in [0.25, 0.3) is 0 Å². The first kappa shape index (κ1) is 14.0. The van der Waals surface area contributed by atoms with Crippen molar-refractivity contribution < 1.29 is 4.92 Å². The van der Waals surface area contributed by atoms with Crippen LogP contribution in [0.15, 0.2) is 36.5 Å². The van der Waals surface area contributed by atoms with E-state index in [-0.39, 0.29) is 11.7 Å². The summed E-state index contributed by atoms with van der Waals surface area (Å²) < 4.78 is 0. The van der Waals surface area contributed by atoms with Crippen molar-refractivity contribution in [2.45, 2.75) is 26.8 Å². The van der Waals surface area contributed by atoms with Crippen LogP contribution in [0.5, 0.6) is 0 Å². The molecule has 2 rings (SSSR count). The molecular formula is C15H17N3O2. The minimum absolute atomic E-state index is 0.0408. The first-order chi connectivity index (χ1) is 9.49. The lowest BCUT2D eigenvalue weighted by atomic mass is 10.0. The highest BCUT2D eigenvalue weighted by atomic mass is 16.6. The zero-order valence-corrected chi connectivity index (χ0v) is 11.8. The summed E-state index contributed by atoms with van der Waals surface area (Å²) in [6.07, 6.45) is 1.29. The number of anilines is 1. The topological polar surface area (TPSA) is 68.1 Å². The second-order valence-electron chi connectivity index (χ2n) is 4.84. The summed E-state index contributed by atoms with van der Waals surface area (Å²) in [6.45, 7) is 5.81. The maximum atomic E-state index is 10.8. The van der Waals surface area contributed by atoms with E-state index in [0.717, 1.165) is 0 Å². The van der Waals surface area contributed by atoms with Crippen LogP contribution in [0.1, 0.15) is 29.7 Å². The molecule has 5 nitrogen and oxygen atoms in total. The normalized spacial score (nSPS) is 11.9. The van der Waals surface area contributed by atoms with E-state index in [2.05, 4.69) is 29.4 Å². The molecule has 1 unspecified atom stereocenters. The molecule has 0 spiro atoms. The van der Waals surface area contributed by atoms with Gasteiger partial charge in [-0.1, -0.05) is 24.3 Å². The van der Waals surface area contributed by atoms with Gasteiger partial charge in [0.2, 0.25) is 0 Å². The van der Waals surface area contributed by atoms with Gasteiger partial charge in [-0.3, -0.25) is 10.1 Å². The average Bonchev–Trinajstić information content (AvgIpc) is 2.38. The first-order valence-electron chi connectivity index (χ1n) is 6.42. The second kappa shape index (κ2) is 5.69. The number of pyridine rings is 1. The fourth-order valence-corrected chi connectivity index (χ4v) is 2.19. The molecule has 104 valence electrons. The number of hydrogen-bond acceptors (Lipinski definition) is 4. The van der Waals surface area contributed by atoms with Crippen molar-refractivity contribution in [3.63, 3.8) is 0 Å². The van der Waals surface area contributed by atoms with Gasteiger partial charge in [-0.2, -0.15) is 0 Å². The molecule has 0 radical (unpaired) electrons. The van der Waals surface area contributed by atoms with E-state index < -0.39 is 4.92 Å². The van der Waals surface area contributed by atoms with E-state index in [4.69, 9.17) is 0 Å². The number of aryl methyl sites for hydroxylation is 2. The van der Waals surface area contributed by atoms with Gasteiger partial charge in [-0.05, 0) is 38.0 Å². The first-order valence-corrected chi connectivity index (χ1v) is 6.42. The Morgan fingerprint density at radius 2 is 1.95 bits per heavy atom. The molecule has 1 aromatic carbocycles. The number of nitro groups is 1. The molecule has 1 aromatic heterocycles. The number of aromatic nitrogens is 1. The molecule has 0 fully saturated rings. The van der Waals surface area contributed by atoms with Crippen LogP contribution in [-0.2, 0) is 0 Å². The van der Waals surface area contributed by atoms with Crippen molar-refractivity contribution >= 4 is 11.5 Å². The lowest BCUT2D eigenvalue weighted by molar-refractivity contribution is -0.385. The van der Waals surface area contributed by atoms with Crippen LogP contribution in [0, 0.1) is 24.0 Å². The summed E-state index contributed by atoms with van der Waals surface area (Å²) in [7, 11) is 0. The van der Waals surface area contributed by atoms with Crippen molar-refractivity contribution in [2.75, 3.05) is 5.32 Å². The number of benzene rings is 1. The summed E-state index contributed by atoms with van der Waals surface area (Å²) in [5.74, 6) is 0.642. The van der Waals surface area contributed by atoms with Crippen molar-refractivity contribution in [2.24, 2.45) is 0 Å². The summed E-state index contributed by atoms with van der Waals surface area (Å²) in [4.78, 5) is 14.4. The van der Waals surface area contributed by atoms with Crippen LogP contribution in [-0.4, -0.2) is 9.91 Å². The monoisotopic (exact) mass is 271 g/mol. The SMILES string of the molecule is Cc1ccccc1C(C)Nc1cc(C)c([N+](=O)[O-])cn1. The molecule has 0 amide bonds. The van der Waals surface area contributed by atoms with Crippen LogP contribution in [0.2, 0.25) is 0 Å². The Bertz CT molecular complexity index is 641. The predicted octanol–water partition coefficient (Wildman–Crippen LogP) is 3.78. The Balaban J connectivity index is 2.20. The van der Waals surface area contributed by atoms with Gasteiger partial charge in [-0.15, -0.1) is 0 Å². The summed E-state index contributed by atoms with van der Waals surface area (Å²) in [6, 6.07) is 9.90. The van der Waals surface area contributed by atoms with Crippen molar-refractivity contribution in [1.82, 2.24) is 4.98 Å². The third kappa shape index (κ3) is 2.93. The van der Waals surface area contributed by atoms with Crippen LogP contribution in [0.4, 0.5) is 11.5 Å².